The standard InChI is InChI=1S/C15H20N4O2S/c1-3-10-13(22-9-17-10)15(20)18-11-5-8-21-12(11)14-16-6-7-19(14)4-2/h6-7,9,11-12H,3-5,8H2,1-2H3,(H,18,20)/t11-,12-/m0/s1. The fraction of sp³-hybridized carbons (Fsp3) is 0.533. The highest BCUT2D eigenvalue weighted by Crippen LogP contribution is 2.28. The quantitative estimate of drug-likeness (QED) is 0.917. The first-order valence-corrected chi connectivity index (χ1v) is 8.48. The number of nitrogens with zero attached hydrogens (tertiary/aromatic N) is 3. The summed E-state index contributed by atoms with van der Waals surface area (Å²) in [5, 5.41) is 3.10. The predicted molar refractivity (Wildman–Crippen MR) is 84.0 cm³/mol. The molecule has 0 aliphatic carbocycles. The molecule has 0 saturated carbocycles. The first-order chi connectivity index (χ1) is 10.7. The van der Waals surface area contributed by atoms with Crippen molar-refractivity contribution in [2.45, 2.75) is 45.4 Å². The lowest BCUT2D eigenvalue weighted by Crippen LogP contribution is -2.37. The van der Waals surface area contributed by atoms with Crippen LogP contribution in [0.1, 0.15) is 47.6 Å². The van der Waals surface area contributed by atoms with Crippen molar-refractivity contribution in [2.24, 2.45) is 0 Å². The average molecular weight is 320 g/mol. The smallest absolute Gasteiger partial charge is 0.263 e. The number of hydrogen-bond acceptors (Lipinski definition) is 5. The lowest BCUT2D eigenvalue weighted by Gasteiger charge is -2.20. The van der Waals surface area contributed by atoms with Crippen LogP contribution in [0, 0.1) is 0 Å². The van der Waals surface area contributed by atoms with Crippen LogP contribution in [0.25, 0.3) is 0 Å². The van der Waals surface area contributed by atoms with Crippen LogP contribution in [0.2, 0.25) is 0 Å². The molecule has 1 amide bonds. The number of imidazole rings is 1. The second-order valence-corrected chi connectivity index (χ2v) is 6.07. The number of ether oxygens (including phenoxy) is 1. The molecule has 3 rings (SSSR count). The van der Waals surface area contributed by atoms with Crippen LogP contribution in [-0.2, 0) is 17.7 Å². The van der Waals surface area contributed by atoms with Gasteiger partial charge in [-0.15, -0.1) is 11.3 Å². The minimum absolute atomic E-state index is 0.0491. The molecule has 0 spiro atoms. The average Bonchev–Trinajstić information content (AvgIpc) is 3.25. The number of aromatic nitrogens is 3. The third-order valence-corrected chi connectivity index (χ3v) is 4.80. The minimum atomic E-state index is -0.183. The molecule has 0 unspecified atom stereocenters. The van der Waals surface area contributed by atoms with Crippen LogP contribution in [0.3, 0.4) is 0 Å². The Morgan fingerprint density at radius 3 is 3.14 bits per heavy atom. The van der Waals surface area contributed by atoms with Crippen LogP contribution < -0.4 is 5.32 Å². The number of hydrogen-bond donors (Lipinski definition) is 1. The number of thiazole rings is 1. The highest BCUT2D eigenvalue weighted by Gasteiger charge is 2.34. The Balaban J connectivity index is 1.75. The van der Waals surface area contributed by atoms with Crippen molar-refractivity contribution in [3.8, 4) is 0 Å². The van der Waals surface area contributed by atoms with Crippen LogP contribution in [0.4, 0.5) is 0 Å². The Hall–Kier alpha value is -1.73. The SMILES string of the molecule is CCc1ncsc1C(=O)N[C@H]1CCO[C@@H]1c1nccn1CC. The highest BCUT2D eigenvalue weighted by atomic mass is 32.1. The minimum Gasteiger partial charge on any atom is -0.368 e. The van der Waals surface area contributed by atoms with Gasteiger partial charge < -0.3 is 14.6 Å². The molecule has 1 aliphatic heterocycles. The third-order valence-electron chi connectivity index (χ3n) is 3.93. The predicted octanol–water partition coefficient (Wildman–Crippen LogP) is 2.18. The number of nitrogens with one attached hydrogen (secondary N) is 1. The normalized spacial score (nSPS) is 21.2. The summed E-state index contributed by atoms with van der Waals surface area (Å²) in [6, 6.07) is -0.0491. The molecule has 0 bridgehead atoms. The second kappa shape index (κ2) is 6.58. The summed E-state index contributed by atoms with van der Waals surface area (Å²) in [6.07, 6.45) is 5.09. The number of carbonyl (C=O) groups excluding carboxylic acids is 1. The third kappa shape index (κ3) is 2.78. The molecule has 22 heavy (non-hydrogen) atoms. The van der Waals surface area contributed by atoms with Crippen molar-refractivity contribution in [1.29, 1.82) is 0 Å². The van der Waals surface area contributed by atoms with Gasteiger partial charge in [0, 0.05) is 25.5 Å². The molecule has 118 valence electrons. The molecular weight excluding hydrogens is 300 g/mol. The van der Waals surface area contributed by atoms with E-state index < -0.39 is 0 Å². The Morgan fingerprint density at radius 2 is 2.36 bits per heavy atom. The van der Waals surface area contributed by atoms with E-state index in [0.29, 0.717) is 11.5 Å². The Kier molecular flexibility index (Phi) is 4.54. The van der Waals surface area contributed by atoms with Crippen molar-refractivity contribution in [1.82, 2.24) is 19.9 Å². The van der Waals surface area contributed by atoms with E-state index >= 15 is 0 Å². The van der Waals surface area contributed by atoms with Crippen molar-refractivity contribution in [2.75, 3.05) is 6.61 Å². The molecule has 0 radical (unpaired) electrons. The fourth-order valence-corrected chi connectivity index (χ4v) is 3.56. The molecule has 1 saturated heterocycles. The van der Waals surface area contributed by atoms with Gasteiger partial charge in [-0.25, -0.2) is 9.97 Å². The van der Waals surface area contributed by atoms with E-state index in [4.69, 9.17) is 4.74 Å². The first kappa shape index (κ1) is 15.2. The Labute approximate surface area is 133 Å². The number of carbonyl (C=O) groups is 1. The summed E-state index contributed by atoms with van der Waals surface area (Å²) in [5.41, 5.74) is 2.58. The van der Waals surface area contributed by atoms with Crippen LogP contribution in [0.5, 0.6) is 0 Å². The maximum atomic E-state index is 12.5. The summed E-state index contributed by atoms with van der Waals surface area (Å²) < 4.78 is 7.87. The summed E-state index contributed by atoms with van der Waals surface area (Å²) in [4.78, 5) is 21.8. The van der Waals surface area contributed by atoms with E-state index in [1.54, 1.807) is 11.7 Å². The van der Waals surface area contributed by atoms with E-state index in [1.165, 1.54) is 11.3 Å². The monoisotopic (exact) mass is 320 g/mol. The summed E-state index contributed by atoms with van der Waals surface area (Å²) in [5.74, 6) is 0.819. The zero-order valence-corrected chi connectivity index (χ0v) is 13.6. The van der Waals surface area contributed by atoms with E-state index in [0.717, 1.165) is 30.9 Å². The molecule has 1 aliphatic rings. The topological polar surface area (TPSA) is 69.0 Å². The Bertz CT molecular complexity index is 652. The van der Waals surface area contributed by atoms with Gasteiger partial charge in [-0.2, -0.15) is 0 Å². The van der Waals surface area contributed by atoms with Gasteiger partial charge in [0.2, 0.25) is 0 Å². The zero-order valence-electron chi connectivity index (χ0n) is 12.8. The van der Waals surface area contributed by atoms with Gasteiger partial charge in [-0.1, -0.05) is 6.92 Å². The van der Waals surface area contributed by atoms with E-state index in [1.807, 2.05) is 13.1 Å². The number of rotatable bonds is 5. The lowest BCUT2D eigenvalue weighted by atomic mass is 10.1. The van der Waals surface area contributed by atoms with Crippen molar-refractivity contribution in [3.05, 3.63) is 34.3 Å². The number of amides is 1. The molecule has 2 aromatic rings. The maximum Gasteiger partial charge on any atom is 0.263 e. The molecule has 1 fully saturated rings. The van der Waals surface area contributed by atoms with Crippen molar-refractivity contribution < 1.29 is 9.53 Å². The zero-order chi connectivity index (χ0) is 15.5. The summed E-state index contributed by atoms with van der Waals surface area (Å²) >= 11 is 1.39. The molecule has 2 aromatic heterocycles. The van der Waals surface area contributed by atoms with Crippen molar-refractivity contribution in [3.63, 3.8) is 0 Å². The molecule has 7 heteroatoms. The largest absolute Gasteiger partial charge is 0.368 e. The van der Waals surface area contributed by atoms with Gasteiger partial charge in [0.1, 0.15) is 16.8 Å². The van der Waals surface area contributed by atoms with Gasteiger partial charge in [0.05, 0.1) is 17.2 Å². The van der Waals surface area contributed by atoms with E-state index in [2.05, 4.69) is 26.8 Å². The molecule has 0 aromatic carbocycles. The van der Waals surface area contributed by atoms with Crippen LogP contribution >= 0.6 is 11.3 Å². The van der Waals surface area contributed by atoms with Crippen LogP contribution in [-0.4, -0.2) is 33.1 Å². The molecule has 6 nitrogen and oxygen atoms in total. The molecule has 2 atom stereocenters. The van der Waals surface area contributed by atoms with Gasteiger partial charge in [0.15, 0.2) is 0 Å². The molecule has 1 N–H and O–H groups in total. The fourth-order valence-electron chi connectivity index (χ4n) is 2.78. The first-order valence-electron chi connectivity index (χ1n) is 7.60. The number of aryl methyl sites for hydroxylation is 2. The van der Waals surface area contributed by atoms with Crippen LogP contribution in [0.15, 0.2) is 17.9 Å². The molecule has 3 heterocycles. The van der Waals surface area contributed by atoms with Gasteiger partial charge >= 0.3 is 0 Å². The van der Waals surface area contributed by atoms with Crippen molar-refractivity contribution >= 4 is 17.2 Å². The maximum absolute atomic E-state index is 12.5. The summed E-state index contributed by atoms with van der Waals surface area (Å²) in [6.45, 7) is 5.55. The van der Waals surface area contributed by atoms with E-state index in [9.17, 15) is 4.79 Å². The van der Waals surface area contributed by atoms with Gasteiger partial charge in [0.25, 0.3) is 5.91 Å². The van der Waals surface area contributed by atoms with Gasteiger partial charge in [-0.05, 0) is 19.8 Å². The summed E-state index contributed by atoms with van der Waals surface area (Å²) in [7, 11) is 0. The van der Waals surface area contributed by atoms with E-state index in [-0.39, 0.29) is 18.1 Å². The second-order valence-electron chi connectivity index (χ2n) is 5.21. The Morgan fingerprint density at radius 1 is 1.50 bits per heavy atom. The highest BCUT2D eigenvalue weighted by molar-refractivity contribution is 7.11. The lowest BCUT2D eigenvalue weighted by molar-refractivity contribution is 0.0777. The molecular formula is C15H20N4O2S. The van der Waals surface area contributed by atoms with Gasteiger partial charge in [-0.3, -0.25) is 4.79 Å².